The smallest absolute Gasteiger partial charge is 0.412 e. The van der Waals surface area contributed by atoms with Crippen LogP contribution in [0.1, 0.15) is 49.2 Å². The number of nitrogens with one attached hydrogen (secondary N) is 1. The number of nitrogens with two attached hydrogens (primary N) is 1. The minimum Gasteiger partial charge on any atom is -0.444 e. The van der Waals surface area contributed by atoms with Gasteiger partial charge in [0.2, 0.25) is 5.91 Å². The number of carbonyl (C=O) groups excluding carboxylic acids is 2. The van der Waals surface area contributed by atoms with Crippen molar-refractivity contribution in [1.82, 2.24) is 9.88 Å². The lowest BCUT2D eigenvalue weighted by Gasteiger charge is -2.49. The molecule has 6 nitrogen and oxygen atoms in total. The van der Waals surface area contributed by atoms with E-state index < -0.39 is 35.0 Å². The van der Waals surface area contributed by atoms with Crippen LogP contribution in [0, 0.1) is 5.82 Å². The monoisotopic (exact) mass is 561 g/mol. The third kappa shape index (κ3) is 4.51. The Morgan fingerprint density at radius 2 is 1.50 bits per heavy atom. The zero-order chi connectivity index (χ0) is 29.6. The van der Waals surface area contributed by atoms with Crippen molar-refractivity contribution in [3.8, 4) is 11.1 Å². The molecule has 2 amide bonds. The molecule has 0 saturated heterocycles. The average molecular weight is 562 g/mol. The number of rotatable bonds is 4. The van der Waals surface area contributed by atoms with Crippen LogP contribution in [0.2, 0.25) is 0 Å². The first-order valence-electron chi connectivity index (χ1n) is 13.9. The number of halogens is 1. The molecular formula is C35H32FN3O3. The topological polar surface area (TPSA) is 88.4 Å². The van der Waals surface area contributed by atoms with Gasteiger partial charge in [-0.05, 0) is 55.2 Å². The zero-order valence-corrected chi connectivity index (χ0v) is 23.7. The summed E-state index contributed by atoms with van der Waals surface area (Å²) in [6, 6.07) is 30.6. The van der Waals surface area contributed by atoms with Gasteiger partial charge in [-0.15, -0.1) is 0 Å². The van der Waals surface area contributed by atoms with E-state index in [1.54, 1.807) is 32.9 Å². The lowest BCUT2D eigenvalue weighted by Crippen LogP contribution is -2.62. The predicted molar refractivity (Wildman–Crippen MR) is 161 cm³/mol. The summed E-state index contributed by atoms with van der Waals surface area (Å²) in [5.41, 5.74) is 8.60. The molecule has 3 N–H and O–H groups in total. The molecule has 0 radical (unpaired) electrons. The number of aromatic amines is 1. The first-order chi connectivity index (χ1) is 20.1. The Morgan fingerprint density at radius 1 is 0.881 bits per heavy atom. The maximum absolute atomic E-state index is 15.7. The molecule has 0 spiro atoms. The fourth-order valence-corrected chi connectivity index (χ4v) is 6.07. The zero-order valence-electron chi connectivity index (χ0n) is 23.7. The standard InChI is InChI=1S/C35H32FN3O3/c1-34(2,3)42-33(41)39-31(24-19-17-23(18-20-24)22-11-5-4-6-12-22)30-26(25-13-7-10-16-29(25)38-30)21-35(39,32(37)40)27-14-8-9-15-28(27)36/h4-20,31,38H,21H2,1-3H3,(H2,37,40). The second kappa shape index (κ2) is 10.2. The number of amides is 2. The summed E-state index contributed by atoms with van der Waals surface area (Å²) >= 11 is 0. The van der Waals surface area contributed by atoms with Crippen molar-refractivity contribution in [2.24, 2.45) is 5.73 Å². The molecule has 0 saturated carbocycles. The van der Waals surface area contributed by atoms with Crippen molar-refractivity contribution < 1.29 is 18.7 Å². The summed E-state index contributed by atoms with van der Waals surface area (Å²) < 4.78 is 21.7. The molecule has 1 aliphatic rings. The summed E-state index contributed by atoms with van der Waals surface area (Å²) in [6.07, 6.45) is -0.800. The summed E-state index contributed by atoms with van der Waals surface area (Å²) in [5.74, 6) is -1.48. The van der Waals surface area contributed by atoms with Crippen LogP contribution in [0.4, 0.5) is 9.18 Å². The summed E-state index contributed by atoms with van der Waals surface area (Å²) in [6.45, 7) is 5.26. The molecule has 1 aromatic heterocycles. The summed E-state index contributed by atoms with van der Waals surface area (Å²) in [5, 5.41) is 0.879. The molecule has 0 bridgehead atoms. The highest BCUT2D eigenvalue weighted by molar-refractivity contribution is 5.94. The highest BCUT2D eigenvalue weighted by Gasteiger charge is 2.57. The van der Waals surface area contributed by atoms with Crippen LogP contribution in [0.3, 0.4) is 0 Å². The Hall–Kier alpha value is -4.91. The van der Waals surface area contributed by atoms with Gasteiger partial charge in [-0.1, -0.05) is 91.0 Å². The second-order valence-electron chi connectivity index (χ2n) is 11.7. The first kappa shape index (κ1) is 27.3. The minimum atomic E-state index is -1.88. The molecule has 2 atom stereocenters. The fraction of sp³-hybridized carbons (Fsp3) is 0.200. The number of hydrogen-bond donors (Lipinski definition) is 2. The first-order valence-corrected chi connectivity index (χ1v) is 13.9. The Morgan fingerprint density at radius 3 is 2.17 bits per heavy atom. The SMILES string of the molecule is CC(C)(C)OC(=O)N1C(c2ccc(-c3ccccc3)cc2)c2[nH]c3ccccc3c2CC1(C(N)=O)c1ccccc1F. The number of benzene rings is 4. The number of hydrogen-bond acceptors (Lipinski definition) is 3. The predicted octanol–water partition coefficient (Wildman–Crippen LogP) is 7.24. The van der Waals surface area contributed by atoms with Crippen molar-refractivity contribution in [3.63, 3.8) is 0 Å². The van der Waals surface area contributed by atoms with Crippen molar-refractivity contribution in [2.75, 3.05) is 0 Å². The third-order valence-electron chi connectivity index (χ3n) is 7.87. The Kier molecular flexibility index (Phi) is 6.61. The largest absolute Gasteiger partial charge is 0.444 e. The van der Waals surface area contributed by atoms with E-state index in [0.29, 0.717) is 0 Å². The number of fused-ring (bicyclic) bond motifs is 3. The van der Waals surface area contributed by atoms with E-state index in [1.807, 2.05) is 78.9 Å². The highest BCUT2D eigenvalue weighted by Crippen LogP contribution is 2.50. The molecule has 2 unspecified atom stereocenters. The molecule has 6 rings (SSSR count). The van der Waals surface area contributed by atoms with Gasteiger partial charge in [0.15, 0.2) is 5.54 Å². The Bertz CT molecular complexity index is 1790. The maximum Gasteiger partial charge on any atom is 0.412 e. The van der Waals surface area contributed by atoms with Gasteiger partial charge >= 0.3 is 6.09 Å². The minimum absolute atomic E-state index is 0.0187. The van der Waals surface area contributed by atoms with Crippen LogP contribution in [0.25, 0.3) is 22.0 Å². The lowest BCUT2D eigenvalue weighted by atomic mass is 9.74. The number of nitrogens with zero attached hydrogens (tertiary/aromatic N) is 1. The number of carbonyl (C=O) groups is 2. The lowest BCUT2D eigenvalue weighted by molar-refractivity contribution is -0.133. The van der Waals surface area contributed by atoms with Crippen molar-refractivity contribution >= 4 is 22.9 Å². The number of para-hydroxylation sites is 1. The van der Waals surface area contributed by atoms with Gasteiger partial charge in [0, 0.05) is 28.6 Å². The van der Waals surface area contributed by atoms with E-state index in [1.165, 1.54) is 17.0 Å². The molecule has 1 aliphatic heterocycles. The van der Waals surface area contributed by atoms with E-state index in [2.05, 4.69) is 4.98 Å². The van der Waals surface area contributed by atoms with Crippen LogP contribution < -0.4 is 5.73 Å². The molecule has 212 valence electrons. The van der Waals surface area contributed by atoms with Crippen LogP contribution in [0.15, 0.2) is 103 Å². The van der Waals surface area contributed by atoms with Crippen LogP contribution in [-0.2, 0) is 21.5 Å². The van der Waals surface area contributed by atoms with E-state index >= 15 is 4.39 Å². The second-order valence-corrected chi connectivity index (χ2v) is 11.7. The summed E-state index contributed by atoms with van der Waals surface area (Å²) in [4.78, 5) is 32.9. The molecule has 0 aliphatic carbocycles. The van der Waals surface area contributed by atoms with E-state index in [0.717, 1.165) is 38.9 Å². The number of primary amides is 1. The van der Waals surface area contributed by atoms with Crippen LogP contribution in [-0.4, -0.2) is 27.5 Å². The average Bonchev–Trinajstić information content (AvgIpc) is 3.34. The van der Waals surface area contributed by atoms with Gasteiger partial charge in [-0.25, -0.2) is 9.18 Å². The third-order valence-corrected chi connectivity index (χ3v) is 7.87. The van der Waals surface area contributed by atoms with E-state index in [9.17, 15) is 9.59 Å². The molecule has 7 heteroatoms. The fourth-order valence-electron chi connectivity index (χ4n) is 6.07. The van der Waals surface area contributed by atoms with Gasteiger partial charge in [-0.3, -0.25) is 9.69 Å². The number of ether oxygens (including phenoxy) is 1. The normalized spacial score (nSPS) is 18.5. The van der Waals surface area contributed by atoms with Crippen molar-refractivity contribution in [1.29, 1.82) is 0 Å². The molecule has 0 fully saturated rings. The van der Waals surface area contributed by atoms with E-state index in [4.69, 9.17) is 10.5 Å². The van der Waals surface area contributed by atoms with Gasteiger partial charge in [-0.2, -0.15) is 0 Å². The van der Waals surface area contributed by atoms with E-state index in [-0.39, 0.29) is 12.0 Å². The van der Waals surface area contributed by atoms with Gasteiger partial charge in [0.05, 0.1) is 0 Å². The quantitative estimate of drug-likeness (QED) is 0.242. The van der Waals surface area contributed by atoms with Crippen LogP contribution in [0.5, 0.6) is 0 Å². The molecule has 5 aromatic rings. The molecular weight excluding hydrogens is 529 g/mol. The maximum atomic E-state index is 15.7. The van der Waals surface area contributed by atoms with Gasteiger partial charge < -0.3 is 15.5 Å². The molecule has 4 aromatic carbocycles. The number of H-pyrrole nitrogens is 1. The van der Waals surface area contributed by atoms with Crippen LogP contribution >= 0.6 is 0 Å². The molecule has 42 heavy (non-hydrogen) atoms. The molecule has 2 heterocycles. The van der Waals surface area contributed by atoms with Crippen molar-refractivity contribution in [2.45, 2.75) is 44.4 Å². The Labute approximate surface area is 243 Å². The number of aromatic nitrogens is 1. The van der Waals surface area contributed by atoms with Gasteiger partial charge in [0.1, 0.15) is 17.5 Å². The summed E-state index contributed by atoms with van der Waals surface area (Å²) in [7, 11) is 0. The van der Waals surface area contributed by atoms with Crippen molar-refractivity contribution in [3.05, 3.63) is 131 Å². The Balaban J connectivity index is 1.65. The highest BCUT2D eigenvalue weighted by atomic mass is 19.1. The van der Waals surface area contributed by atoms with Gasteiger partial charge in [0.25, 0.3) is 0 Å².